The minimum atomic E-state index is -0.00701. The third-order valence-electron chi connectivity index (χ3n) is 3.50. The van der Waals surface area contributed by atoms with Crippen LogP contribution in [0.2, 0.25) is 0 Å². The monoisotopic (exact) mass is 372 g/mol. The van der Waals surface area contributed by atoms with Crippen molar-refractivity contribution in [2.24, 2.45) is 5.84 Å². The fraction of sp³-hybridized carbons (Fsp3) is 0.462. The lowest BCUT2D eigenvalue weighted by Crippen LogP contribution is -2.30. The van der Waals surface area contributed by atoms with E-state index in [1.807, 2.05) is 34.0 Å². The van der Waals surface area contributed by atoms with Crippen molar-refractivity contribution < 1.29 is 0 Å². The summed E-state index contributed by atoms with van der Waals surface area (Å²) < 4.78 is 2.99. The van der Waals surface area contributed by atoms with Crippen LogP contribution in [0.5, 0.6) is 0 Å². The second-order valence-electron chi connectivity index (χ2n) is 4.69. The van der Waals surface area contributed by atoms with E-state index in [0.717, 1.165) is 22.5 Å². The summed E-state index contributed by atoms with van der Waals surface area (Å²) in [5.41, 5.74) is 5.53. The van der Waals surface area contributed by atoms with Crippen molar-refractivity contribution >= 4 is 39.0 Å². The number of aryl methyl sites for hydroxylation is 2. The highest BCUT2D eigenvalue weighted by atomic mass is 79.9. The lowest BCUT2D eigenvalue weighted by atomic mass is 10.1. The zero-order valence-electron chi connectivity index (χ0n) is 11.2. The first-order valence-corrected chi connectivity index (χ1v) is 9.37. The second kappa shape index (κ2) is 6.19. The molecular weight excluding hydrogens is 356 g/mol. The molecule has 2 aromatic heterocycles. The van der Waals surface area contributed by atoms with Gasteiger partial charge in [0.2, 0.25) is 0 Å². The van der Waals surface area contributed by atoms with Gasteiger partial charge in [-0.05, 0) is 46.7 Å². The molecular formula is C13H17BrN4S2. The molecule has 0 amide bonds. The highest BCUT2D eigenvalue weighted by molar-refractivity contribution is 9.10. The molecule has 0 spiro atoms. The molecule has 1 atom stereocenters. The van der Waals surface area contributed by atoms with Crippen molar-refractivity contribution in [3.05, 3.63) is 37.7 Å². The van der Waals surface area contributed by atoms with Crippen molar-refractivity contribution in [3.63, 3.8) is 0 Å². The molecule has 2 aromatic rings. The Morgan fingerprint density at radius 3 is 3.15 bits per heavy atom. The Labute approximate surface area is 135 Å². The van der Waals surface area contributed by atoms with E-state index >= 15 is 0 Å². The van der Waals surface area contributed by atoms with E-state index < -0.39 is 0 Å². The Kier molecular flexibility index (Phi) is 4.52. The molecule has 0 saturated carbocycles. The number of aromatic nitrogens is 2. The SMILES string of the molecule is CCn1ncc(Br)c1C(NN)c1cc2c(s1)CCSC2. The third-order valence-corrected chi connectivity index (χ3v) is 6.43. The van der Waals surface area contributed by atoms with Crippen LogP contribution in [0.4, 0.5) is 0 Å². The topological polar surface area (TPSA) is 55.9 Å². The second-order valence-corrected chi connectivity index (χ2v) is 7.82. The zero-order chi connectivity index (χ0) is 14.1. The smallest absolute Gasteiger partial charge is 0.0981 e. The molecule has 7 heteroatoms. The molecule has 20 heavy (non-hydrogen) atoms. The van der Waals surface area contributed by atoms with Crippen LogP contribution in [0.25, 0.3) is 0 Å². The highest BCUT2D eigenvalue weighted by Crippen LogP contribution is 2.37. The maximum absolute atomic E-state index is 5.84. The van der Waals surface area contributed by atoms with Gasteiger partial charge >= 0.3 is 0 Å². The number of thioether (sulfide) groups is 1. The maximum atomic E-state index is 5.84. The first kappa shape index (κ1) is 14.6. The molecule has 3 heterocycles. The van der Waals surface area contributed by atoms with E-state index in [1.54, 1.807) is 0 Å². The molecule has 4 nitrogen and oxygen atoms in total. The zero-order valence-corrected chi connectivity index (χ0v) is 14.4. The van der Waals surface area contributed by atoms with Crippen LogP contribution < -0.4 is 11.3 Å². The minimum Gasteiger partial charge on any atom is -0.270 e. The van der Waals surface area contributed by atoms with E-state index in [0.29, 0.717) is 0 Å². The van der Waals surface area contributed by atoms with Gasteiger partial charge < -0.3 is 0 Å². The summed E-state index contributed by atoms with van der Waals surface area (Å²) in [4.78, 5) is 2.79. The van der Waals surface area contributed by atoms with Crippen molar-refractivity contribution in [2.45, 2.75) is 31.7 Å². The summed E-state index contributed by atoms with van der Waals surface area (Å²) in [5, 5.41) is 4.39. The van der Waals surface area contributed by atoms with Crippen LogP contribution in [-0.2, 0) is 18.7 Å². The van der Waals surface area contributed by atoms with Gasteiger partial charge in [0.1, 0.15) is 0 Å². The van der Waals surface area contributed by atoms with Crippen molar-refractivity contribution in [1.82, 2.24) is 15.2 Å². The van der Waals surface area contributed by atoms with Crippen LogP contribution in [0.1, 0.15) is 34.0 Å². The molecule has 0 radical (unpaired) electrons. The number of hydrogen-bond donors (Lipinski definition) is 2. The number of rotatable bonds is 4. The summed E-state index contributed by atoms with van der Waals surface area (Å²) in [6, 6.07) is 2.29. The quantitative estimate of drug-likeness (QED) is 0.639. The summed E-state index contributed by atoms with van der Waals surface area (Å²) in [6.07, 6.45) is 3.02. The lowest BCUT2D eigenvalue weighted by Gasteiger charge is -2.16. The van der Waals surface area contributed by atoms with Gasteiger partial charge in [-0.2, -0.15) is 16.9 Å². The average Bonchev–Trinajstić information content (AvgIpc) is 3.04. The van der Waals surface area contributed by atoms with Crippen LogP contribution >= 0.6 is 39.0 Å². The van der Waals surface area contributed by atoms with Gasteiger partial charge in [-0.1, -0.05) is 0 Å². The van der Waals surface area contributed by atoms with Crippen LogP contribution in [0.15, 0.2) is 16.7 Å². The standard InChI is InChI=1S/C13H17BrN4S2/c1-2-18-13(9(14)6-16-18)12(17-15)11-5-8-7-19-4-3-10(8)20-11/h5-6,12,17H,2-4,7,15H2,1H3. The number of hydrogen-bond acceptors (Lipinski definition) is 5. The van der Waals surface area contributed by atoms with Gasteiger partial charge in [0.05, 0.1) is 22.4 Å². The van der Waals surface area contributed by atoms with E-state index in [-0.39, 0.29) is 6.04 Å². The predicted octanol–water partition coefficient (Wildman–Crippen LogP) is 3.07. The van der Waals surface area contributed by atoms with Gasteiger partial charge in [0.15, 0.2) is 0 Å². The van der Waals surface area contributed by atoms with Gasteiger partial charge in [0.25, 0.3) is 0 Å². The first-order chi connectivity index (χ1) is 9.74. The van der Waals surface area contributed by atoms with E-state index in [4.69, 9.17) is 5.84 Å². The molecule has 1 aliphatic rings. The number of nitrogens with zero attached hydrogens (tertiary/aromatic N) is 2. The molecule has 0 aliphatic carbocycles. The fourth-order valence-electron chi connectivity index (χ4n) is 2.52. The van der Waals surface area contributed by atoms with Crippen LogP contribution in [0, 0.1) is 0 Å². The predicted molar refractivity (Wildman–Crippen MR) is 89.0 cm³/mol. The molecule has 3 rings (SSSR count). The Bertz CT molecular complexity index is 584. The van der Waals surface area contributed by atoms with Gasteiger partial charge in [-0.25, -0.2) is 5.43 Å². The van der Waals surface area contributed by atoms with Crippen LogP contribution in [0.3, 0.4) is 0 Å². The molecule has 108 valence electrons. The Balaban J connectivity index is 2.01. The van der Waals surface area contributed by atoms with Gasteiger partial charge in [-0.15, -0.1) is 11.3 Å². The highest BCUT2D eigenvalue weighted by Gasteiger charge is 2.24. The van der Waals surface area contributed by atoms with E-state index in [2.05, 4.69) is 39.4 Å². The molecule has 0 saturated heterocycles. The summed E-state index contributed by atoms with van der Waals surface area (Å²) in [7, 11) is 0. The third kappa shape index (κ3) is 2.57. The van der Waals surface area contributed by atoms with Gasteiger partial charge in [-0.3, -0.25) is 10.5 Å². The number of thiophene rings is 1. The molecule has 0 fully saturated rings. The number of fused-ring (bicyclic) bond motifs is 1. The molecule has 1 aliphatic heterocycles. The summed E-state index contributed by atoms with van der Waals surface area (Å²) >= 11 is 7.47. The Morgan fingerprint density at radius 2 is 2.45 bits per heavy atom. The van der Waals surface area contributed by atoms with Crippen LogP contribution in [-0.4, -0.2) is 15.5 Å². The number of nitrogens with two attached hydrogens (primary N) is 1. The van der Waals surface area contributed by atoms with E-state index in [1.165, 1.54) is 27.5 Å². The minimum absolute atomic E-state index is 0.00701. The molecule has 0 bridgehead atoms. The molecule has 0 aromatic carbocycles. The lowest BCUT2D eigenvalue weighted by molar-refractivity contribution is 0.546. The average molecular weight is 373 g/mol. The van der Waals surface area contributed by atoms with Gasteiger partial charge in [0, 0.05) is 22.1 Å². The first-order valence-electron chi connectivity index (χ1n) is 6.61. The molecule has 3 N–H and O–H groups in total. The molecule has 1 unspecified atom stereocenters. The Hall–Kier alpha value is -0.340. The normalized spacial score (nSPS) is 16.1. The number of nitrogens with one attached hydrogen (secondary N) is 1. The van der Waals surface area contributed by atoms with E-state index in [9.17, 15) is 0 Å². The number of hydrazine groups is 1. The summed E-state index contributed by atoms with van der Waals surface area (Å²) in [6.45, 7) is 2.92. The summed E-state index contributed by atoms with van der Waals surface area (Å²) in [5.74, 6) is 8.18. The maximum Gasteiger partial charge on any atom is 0.0981 e. The van der Waals surface area contributed by atoms with Crippen molar-refractivity contribution in [1.29, 1.82) is 0 Å². The largest absolute Gasteiger partial charge is 0.270 e. The van der Waals surface area contributed by atoms with Crippen molar-refractivity contribution in [2.75, 3.05) is 5.75 Å². The van der Waals surface area contributed by atoms with Crippen molar-refractivity contribution in [3.8, 4) is 0 Å². The Morgan fingerprint density at radius 1 is 1.60 bits per heavy atom. The number of halogens is 1. The fourth-order valence-corrected chi connectivity index (χ4v) is 5.48.